The molecule has 2 atom stereocenters. The molecule has 9 heteroatoms. The Bertz CT molecular complexity index is 1530. The number of rotatable bonds is 7. The second-order valence-corrected chi connectivity index (χ2v) is 13.7. The molecule has 6 rings (SSSR count). The van der Waals surface area contributed by atoms with Crippen molar-refractivity contribution in [3.05, 3.63) is 64.0 Å². The number of nitrogens with zero attached hydrogens (tertiary/aromatic N) is 3. The van der Waals surface area contributed by atoms with E-state index in [1.807, 2.05) is 45.9 Å². The summed E-state index contributed by atoms with van der Waals surface area (Å²) in [6.45, 7) is 13.4. The van der Waals surface area contributed by atoms with E-state index in [0.29, 0.717) is 32.2 Å². The molecule has 0 N–H and O–H groups in total. The van der Waals surface area contributed by atoms with E-state index in [-0.39, 0.29) is 17.5 Å². The number of ether oxygens (including phenoxy) is 3. The summed E-state index contributed by atoms with van der Waals surface area (Å²) in [5.74, 6) is 1.13. The van der Waals surface area contributed by atoms with Crippen molar-refractivity contribution in [2.75, 3.05) is 31.1 Å². The zero-order chi connectivity index (χ0) is 30.4. The van der Waals surface area contributed by atoms with Crippen molar-refractivity contribution in [1.82, 2.24) is 9.88 Å². The lowest BCUT2D eigenvalue weighted by Gasteiger charge is -2.32. The molecular formula is C34H41N3O5S. The number of esters is 1. The third-order valence-electron chi connectivity index (χ3n) is 8.94. The monoisotopic (exact) mass is 603 g/mol. The van der Waals surface area contributed by atoms with Crippen molar-refractivity contribution >= 4 is 28.5 Å². The van der Waals surface area contributed by atoms with Crippen LogP contribution in [0.15, 0.2) is 41.8 Å². The smallest absolute Gasteiger partial charge is 0.410 e. The average Bonchev–Trinajstić information content (AvgIpc) is 3.53. The van der Waals surface area contributed by atoms with Crippen LogP contribution < -0.4 is 9.64 Å². The molecule has 2 fully saturated rings. The van der Waals surface area contributed by atoms with E-state index in [1.54, 1.807) is 16.2 Å². The number of amides is 1. The number of hydrogen-bond acceptors (Lipinski definition) is 8. The van der Waals surface area contributed by atoms with Crippen LogP contribution in [0.2, 0.25) is 0 Å². The van der Waals surface area contributed by atoms with Crippen LogP contribution in [-0.2, 0) is 33.8 Å². The molecule has 1 unspecified atom stereocenters. The van der Waals surface area contributed by atoms with E-state index in [0.717, 1.165) is 65.6 Å². The molecule has 0 radical (unpaired) electrons. The molecule has 1 aliphatic carbocycles. The van der Waals surface area contributed by atoms with Crippen LogP contribution in [-0.4, -0.2) is 53.8 Å². The van der Waals surface area contributed by atoms with Crippen molar-refractivity contribution in [3.63, 3.8) is 0 Å². The van der Waals surface area contributed by atoms with Crippen LogP contribution in [0.4, 0.5) is 9.93 Å². The van der Waals surface area contributed by atoms with Crippen molar-refractivity contribution in [1.29, 1.82) is 0 Å². The number of carbonyl (C=O) groups excluding carboxylic acids is 2. The number of benzene rings is 2. The van der Waals surface area contributed by atoms with Gasteiger partial charge in [0.05, 0.1) is 17.7 Å². The van der Waals surface area contributed by atoms with Gasteiger partial charge in [0.15, 0.2) is 5.13 Å². The summed E-state index contributed by atoms with van der Waals surface area (Å²) in [5.41, 5.74) is 5.92. The Hall–Kier alpha value is -3.59. The van der Waals surface area contributed by atoms with Gasteiger partial charge in [-0.15, -0.1) is 11.3 Å². The Labute approximate surface area is 258 Å². The highest BCUT2D eigenvalue weighted by molar-refractivity contribution is 7.14. The molecule has 1 aromatic heterocycles. The van der Waals surface area contributed by atoms with Gasteiger partial charge in [0.25, 0.3) is 0 Å². The molecule has 2 aliphatic heterocycles. The van der Waals surface area contributed by atoms with Gasteiger partial charge in [-0.25, -0.2) is 9.78 Å². The molecule has 228 valence electrons. The van der Waals surface area contributed by atoms with Crippen molar-refractivity contribution < 1.29 is 23.8 Å². The first-order valence-corrected chi connectivity index (χ1v) is 16.1. The minimum atomic E-state index is -0.506. The third-order valence-corrected chi connectivity index (χ3v) is 9.85. The van der Waals surface area contributed by atoms with E-state index >= 15 is 0 Å². The molecule has 1 amide bonds. The summed E-state index contributed by atoms with van der Waals surface area (Å²) < 4.78 is 17.4. The fourth-order valence-electron chi connectivity index (χ4n) is 6.44. The molecule has 3 aromatic rings. The fraction of sp³-hybridized carbons (Fsp3) is 0.500. The summed E-state index contributed by atoms with van der Waals surface area (Å²) in [7, 11) is 0. The second-order valence-electron chi connectivity index (χ2n) is 12.9. The molecule has 0 bridgehead atoms. The maximum absolute atomic E-state index is 12.6. The van der Waals surface area contributed by atoms with Crippen LogP contribution >= 0.6 is 11.3 Å². The number of piperidine rings is 1. The molecule has 8 nitrogen and oxygen atoms in total. The summed E-state index contributed by atoms with van der Waals surface area (Å²) in [4.78, 5) is 34.2. The molecule has 1 saturated heterocycles. The van der Waals surface area contributed by atoms with Crippen LogP contribution in [0.3, 0.4) is 0 Å². The van der Waals surface area contributed by atoms with E-state index in [9.17, 15) is 9.59 Å². The topological polar surface area (TPSA) is 81.2 Å². The van der Waals surface area contributed by atoms with Crippen molar-refractivity contribution in [3.8, 4) is 17.0 Å². The first-order chi connectivity index (χ1) is 20.6. The van der Waals surface area contributed by atoms with Gasteiger partial charge in [0.1, 0.15) is 18.0 Å². The predicted octanol–water partition coefficient (Wildman–Crippen LogP) is 6.77. The summed E-state index contributed by atoms with van der Waals surface area (Å²) in [5, 5.41) is 3.08. The van der Waals surface area contributed by atoms with E-state index in [4.69, 9.17) is 19.2 Å². The Balaban J connectivity index is 1.11. The van der Waals surface area contributed by atoms with E-state index in [2.05, 4.69) is 35.4 Å². The van der Waals surface area contributed by atoms with Gasteiger partial charge in [-0.05, 0) is 94.2 Å². The van der Waals surface area contributed by atoms with Crippen LogP contribution in [0, 0.1) is 18.3 Å². The lowest BCUT2D eigenvalue weighted by atomic mass is 9.92. The minimum Gasteiger partial charge on any atom is -0.488 e. The zero-order valence-corrected chi connectivity index (χ0v) is 26.6. The fourth-order valence-corrected chi connectivity index (χ4v) is 7.30. The standard InChI is InChI=1S/C34H41N3O5S/c1-6-40-30(38)34-14-16-36(19-25(34)17-34)31-35-28(21-43-31)27-9-7-8-10-29(27)41-20-24-12-11-23-18-37(15-13-26(23)22(24)2)32(39)42-33(3,4)5/h7-12,21,25H,6,13-20H2,1-5H3/t25?,34-/m1/s1. The van der Waals surface area contributed by atoms with E-state index in [1.165, 1.54) is 11.1 Å². The van der Waals surface area contributed by atoms with Crippen LogP contribution in [0.25, 0.3) is 11.3 Å². The van der Waals surface area contributed by atoms with Gasteiger partial charge in [0, 0.05) is 37.1 Å². The number of carbonyl (C=O) groups is 2. The molecule has 43 heavy (non-hydrogen) atoms. The number of aromatic nitrogens is 1. The predicted molar refractivity (Wildman–Crippen MR) is 167 cm³/mol. The largest absolute Gasteiger partial charge is 0.488 e. The Morgan fingerprint density at radius 2 is 1.95 bits per heavy atom. The normalized spacial score (nSPS) is 21.1. The molecule has 1 saturated carbocycles. The highest BCUT2D eigenvalue weighted by Crippen LogP contribution is 2.59. The second kappa shape index (κ2) is 11.5. The number of anilines is 1. The third kappa shape index (κ3) is 5.96. The van der Waals surface area contributed by atoms with E-state index < -0.39 is 5.60 Å². The lowest BCUT2D eigenvalue weighted by Crippen LogP contribution is -2.40. The Morgan fingerprint density at radius 3 is 2.72 bits per heavy atom. The lowest BCUT2D eigenvalue weighted by molar-refractivity contribution is -0.150. The van der Waals surface area contributed by atoms with Crippen LogP contribution in [0.5, 0.6) is 5.75 Å². The zero-order valence-electron chi connectivity index (χ0n) is 25.8. The molecule has 3 aliphatic rings. The number of thiazole rings is 1. The number of fused-ring (bicyclic) bond motifs is 2. The van der Waals surface area contributed by atoms with Gasteiger partial charge < -0.3 is 24.0 Å². The Morgan fingerprint density at radius 1 is 1.14 bits per heavy atom. The molecule has 0 spiro atoms. The van der Waals surface area contributed by atoms with Gasteiger partial charge >= 0.3 is 12.1 Å². The SMILES string of the molecule is CCOC(=O)[C@@]12CCN(c3nc(-c4ccccc4OCc4ccc5c(c4C)CCN(C(=O)OC(C)(C)C)C5)cs3)CC1C2. The highest BCUT2D eigenvalue weighted by atomic mass is 32.1. The summed E-state index contributed by atoms with van der Waals surface area (Å²) in [6, 6.07) is 12.3. The molecule has 3 heterocycles. The van der Waals surface area contributed by atoms with Gasteiger partial charge in [-0.2, -0.15) is 0 Å². The summed E-state index contributed by atoms with van der Waals surface area (Å²) in [6.07, 6.45) is 2.28. The van der Waals surface area contributed by atoms with Crippen molar-refractivity contribution in [2.24, 2.45) is 11.3 Å². The molecular weight excluding hydrogens is 562 g/mol. The minimum absolute atomic E-state index is 0.0255. The first-order valence-electron chi connectivity index (χ1n) is 15.3. The first kappa shape index (κ1) is 29.5. The quantitative estimate of drug-likeness (QED) is 0.276. The Kier molecular flexibility index (Phi) is 7.87. The maximum atomic E-state index is 12.6. The maximum Gasteiger partial charge on any atom is 0.410 e. The number of para-hydroxylation sites is 1. The average molecular weight is 604 g/mol. The summed E-state index contributed by atoms with van der Waals surface area (Å²) >= 11 is 1.64. The van der Waals surface area contributed by atoms with Gasteiger partial charge in [-0.1, -0.05) is 24.3 Å². The number of hydrogen-bond donors (Lipinski definition) is 0. The van der Waals surface area contributed by atoms with Crippen molar-refractivity contribution in [2.45, 2.75) is 72.6 Å². The highest BCUT2D eigenvalue weighted by Gasteiger charge is 2.63. The van der Waals surface area contributed by atoms with Gasteiger partial charge in [0.2, 0.25) is 0 Å². The molecule has 2 aromatic carbocycles. The van der Waals surface area contributed by atoms with Crippen LogP contribution in [0.1, 0.15) is 62.8 Å². The van der Waals surface area contributed by atoms with Gasteiger partial charge in [-0.3, -0.25) is 4.79 Å².